The van der Waals surface area contributed by atoms with E-state index in [0.717, 1.165) is 35.8 Å². The summed E-state index contributed by atoms with van der Waals surface area (Å²) in [5.41, 5.74) is 1.11. The Hall–Kier alpha value is -1.07. The van der Waals surface area contributed by atoms with Gasteiger partial charge < -0.3 is 14.8 Å². The van der Waals surface area contributed by atoms with E-state index in [9.17, 15) is 4.21 Å². The minimum atomic E-state index is -0.788. The van der Waals surface area contributed by atoms with E-state index >= 15 is 0 Å². The van der Waals surface area contributed by atoms with Crippen LogP contribution in [-0.2, 0) is 10.8 Å². The number of hydrogen-bond donors (Lipinski definition) is 1. The fourth-order valence-corrected chi connectivity index (χ4v) is 3.60. The minimum absolute atomic E-state index is 0.100. The minimum Gasteiger partial charge on any atom is -0.486 e. The summed E-state index contributed by atoms with van der Waals surface area (Å²) in [5, 5.41) is 3.41. The third-order valence-electron chi connectivity index (χ3n) is 3.20. The second-order valence-corrected chi connectivity index (χ2v) is 6.45. The lowest BCUT2D eigenvalue weighted by Gasteiger charge is -2.22. The highest BCUT2D eigenvalue weighted by atomic mass is 32.2. The number of nitrogens with one attached hydrogen (secondary N) is 1. The average molecular weight is 297 g/mol. The van der Waals surface area contributed by atoms with Gasteiger partial charge in [0.25, 0.3) is 0 Å². The van der Waals surface area contributed by atoms with Gasteiger partial charge in [0.1, 0.15) is 13.2 Å². The molecule has 1 aromatic carbocycles. The summed E-state index contributed by atoms with van der Waals surface area (Å²) in [7, 11) is -0.788. The highest BCUT2D eigenvalue weighted by molar-refractivity contribution is 7.85. The largest absolute Gasteiger partial charge is 0.486 e. The Balaban J connectivity index is 2.13. The predicted octanol–water partition coefficient (Wildman–Crippen LogP) is 2.27. The highest BCUT2D eigenvalue weighted by Crippen LogP contribution is 2.32. The van der Waals surface area contributed by atoms with Crippen LogP contribution in [0.2, 0.25) is 0 Å². The van der Waals surface area contributed by atoms with E-state index < -0.39 is 10.8 Å². The van der Waals surface area contributed by atoms with E-state index in [0.29, 0.717) is 19.0 Å². The molecular formula is C15H23NO3S. The SMILES string of the molecule is CCCS(=O)CC(NCC)c1ccc2c(c1)OCCO2. The van der Waals surface area contributed by atoms with Crippen molar-refractivity contribution in [2.24, 2.45) is 0 Å². The van der Waals surface area contributed by atoms with Crippen LogP contribution in [0, 0.1) is 0 Å². The van der Waals surface area contributed by atoms with Gasteiger partial charge in [0.2, 0.25) is 0 Å². The van der Waals surface area contributed by atoms with Crippen LogP contribution in [0.25, 0.3) is 0 Å². The number of ether oxygens (including phenoxy) is 2. The highest BCUT2D eigenvalue weighted by Gasteiger charge is 2.18. The molecule has 0 aliphatic carbocycles. The molecule has 1 aliphatic heterocycles. The zero-order valence-corrected chi connectivity index (χ0v) is 13.0. The molecule has 0 saturated carbocycles. The first-order chi connectivity index (χ1) is 9.74. The zero-order chi connectivity index (χ0) is 14.4. The van der Waals surface area contributed by atoms with Crippen LogP contribution < -0.4 is 14.8 Å². The number of hydrogen-bond acceptors (Lipinski definition) is 4. The van der Waals surface area contributed by atoms with Crippen molar-refractivity contribution >= 4 is 10.8 Å². The lowest BCUT2D eigenvalue weighted by molar-refractivity contribution is 0.171. The molecule has 2 rings (SSSR count). The van der Waals surface area contributed by atoms with Crippen molar-refractivity contribution in [1.29, 1.82) is 0 Å². The van der Waals surface area contributed by atoms with Crippen LogP contribution in [0.4, 0.5) is 0 Å². The molecule has 1 N–H and O–H groups in total. The fourth-order valence-electron chi connectivity index (χ4n) is 2.29. The van der Waals surface area contributed by atoms with Crippen molar-refractivity contribution in [3.05, 3.63) is 23.8 Å². The quantitative estimate of drug-likeness (QED) is 0.838. The van der Waals surface area contributed by atoms with Crippen LogP contribution in [0.5, 0.6) is 11.5 Å². The molecule has 1 aromatic rings. The molecule has 0 aromatic heterocycles. The zero-order valence-electron chi connectivity index (χ0n) is 12.2. The van der Waals surface area contributed by atoms with Gasteiger partial charge in [0.05, 0.1) is 0 Å². The first-order valence-corrected chi connectivity index (χ1v) is 8.71. The summed E-state index contributed by atoms with van der Waals surface area (Å²) in [5.74, 6) is 2.98. The summed E-state index contributed by atoms with van der Waals surface area (Å²) in [6.07, 6.45) is 0.951. The molecule has 2 atom stereocenters. The molecule has 0 radical (unpaired) electrons. The summed E-state index contributed by atoms with van der Waals surface area (Å²) in [6, 6.07) is 6.08. The van der Waals surface area contributed by atoms with Crippen LogP contribution in [0.15, 0.2) is 18.2 Å². The molecule has 0 spiro atoms. The van der Waals surface area contributed by atoms with Gasteiger partial charge in [-0.15, -0.1) is 0 Å². The van der Waals surface area contributed by atoms with Crippen LogP contribution in [0.3, 0.4) is 0 Å². The molecule has 2 unspecified atom stereocenters. The second kappa shape index (κ2) is 7.64. The molecule has 20 heavy (non-hydrogen) atoms. The van der Waals surface area contributed by atoms with Crippen molar-refractivity contribution < 1.29 is 13.7 Å². The standard InChI is InChI=1S/C15H23NO3S/c1-3-9-20(17)11-13(16-4-2)12-5-6-14-15(10-12)19-8-7-18-14/h5-6,10,13,16H,3-4,7-9,11H2,1-2H3. The lowest BCUT2D eigenvalue weighted by Crippen LogP contribution is -2.27. The maximum atomic E-state index is 12.0. The summed E-state index contributed by atoms with van der Waals surface area (Å²) < 4.78 is 23.2. The van der Waals surface area contributed by atoms with Gasteiger partial charge in [-0.1, -0.05) is 19.9 Å². The maximum Gasteiger partial charge on any atom is 0.161 e. The predicted molar refractivity (Wildman–Crippen MR) is 82.0 cm³/mol. The van der Waals surface area contributed by atoms with E-state index in [1.807, 2.05) is 18.2 Å². The van der Waals surface area contributed by atoms with Gasteiger partial charge in [-0.05, 0) is 30.7 Å². The van der Waals surface area contributed by atoms with Crippen molar-refractivity contribution in [1.82, 2.24) is 5.32 Å². The fraction of sp³-hybridized carbons (Fsp3) is 0.600. The maximum absolute atomic E-state index is 12.0. The lowest BCUT2D eigenvalue weighted by atomic mass is 10.1. The van der Waals surface area contributed by atoms with Crippen molar-refractivity contribution in [3.8, 4) is 11.5 Å². The Labute approximate surface area is 123 Å². The van der Waals surface area contributed by atoms with E-state index in [4.69, 9.17) is 9.47 Å². The Morgan fingerprint density at radius 1 is 1.25 bits per heavy atom. The molecule has 0 amide bonds. The van der Waals surface area contributed by atoms with E-state index in [2.05, 4.69) is 19.2 Å². The van der Waals surface area contributed by atoms with Gasteiger partial charge in [-0.3, -0.25) is 4.21 Å². The Morgan fingerprint density at radius 3 is 2.70 bits per heavy atom. The molecule has 112 valence electrons. The Bertz CT molecular complexity index is 464. The molecule has 0 bridgehead atoms. The van der Waals surface area contributed by atoms with Gasteiger partial charge in [0, 0.05) is 28.3 Å². The van der Waals surface area contributed by atoms with Crippen LogP contribution >= 0.6 is 0 Å². The van der Waals surface area contributed by atoms with E-state index in [1.54, 1.807) is 0 Å². The van der Waals surface area contributed by atoms with E-state index in [1.165, 1.54) is 0 Å². The first kappa shape index (κ1) is 15.3. The first-order valence-electron chi connectivity index (χ1n) is 7.22. The van der Waals surface area contributed by atoms with Crippen molar-refractivity contribution in [2.75, 3.05) is 31.3 Å². The molecule has 4 nitrogen and oxygen atoms in total. The average Bonchev–Trinajstić information content (AvgIpc) is 2.46. The normalized spacial score (nSPS) is 16.7. The number of benzene rings is 1. The molecule has 5 heteroatoms. The van der Waals surface area contributed by atoms with Gasteiger partial charge >= 0.3 is 0 Å². The molecule has 1 heterocycles. The molecule has 0 saturated heterocycles. The van der Waals surface area contributed by atoms with Crippen molar-refractivity contribution in [3.63, 3.8) is 0 Å². The molecule has 1 aliphatic rings. The Morgan fingerprint density at radius 2 is 2.00 bits per heavy atom. The molecule has 0 fully saturated rings. The topological polar surface area (TPSA) is 47.6 Å². The van der Waals surface area contributed by atoms with E-state index in [-0.39, 0.29) is 6.04 Å². The van der Waals surface area contributed by atoms with Crippen molar-refractivity contribution in [2.45, 2.75) is 26.3 Å². The van der Waals surface area contributed by atoms with Crippen LogP contribution in [0.1, 0.15) is 31.9 Å². The van der Waals surface area contributed by atoms with Gasteiger partial charge in [-0.2, -0.15) is 0 Å². The monoisotopic (exact) mass is 297 g/mol. The van der Waals surface area contributed by atoms with Gasteiger partial charge in [0.15, 0.2) is 11.5 Å². The third kappa shape index (κ3) is 3.96. The molecular weight excluding hydrogens is 274 g/mol. The summed E-state index contributed by atoms with van der Waals surface area (Å²) >= 11 is 0. The number of fused-ring (bicyclic) bond motifs is 1. The van der Waals surface area contributed by atoms with Gasteiger partial charge in [-0.25, -0.2) is 0 Å². The summed E-state index contributed by atoms with van der Waals surface area (Å²) in [6.45, 7) is 6.16. The number of rotatable bonds is 7. The smallest absolute Gasteiger partial charge is 0.161 e. The Kier molecular flexibility index (Phi) is 5.86. The van der Waals surface area contributed by atoms with Crippen LogP contribution in [-0.4, -0.2) is 35.5 Å². The second-order valence-electron chi connectivity index (χ2n) is 4.82. The summed E-state index contributed by atoms with van der Waals surface area (Å²) in [4.78, 5) is 0. The third-order valence-corrected chi connectivity index (χ3v) is 4.77.